The van der Waals surface area contributed by atoms with Crippen molar-refractivity contribution in [3.05, 3.63) is 108 Å². The van der Waals surface area contributed by atoms with E-state index in [2.05, 4.69) is 94.7 Å². The highest BCUT2D eigenvalue weighted by Crippen LogP contribution is 2.23. The van der Waals surface area contributed by atoms with Crippen molar-refractivity contribution in [1.29, 1.82) is 0 Å². The van der Waals surface area contributed by atoms with Crippen LogP contribution in [-0.2, 0) is 125 Å². The smallest absolute Gasteiger partial charge is 0.305 e. The molecule has 3 aromatic carbocycles. The molecular formula is C79H100N22O26. The number of primary amides is 3. The van der Waals surface area contributed by atoms with E-state index in [9.17, 15) is 116 Å². The number of amides is 18. The highest BCUT2D eigenvalue weighted by molar-refractivity contribution is 6.03. The Morgan fingerprint density at radius 2 is 0.890 bits per heavy atom. The molecule has 0 aliphatic carbocycles. The van der Waals surface area contributed by atoms with Crippen molar-refractivity contribution in [3.8, 4) is 0 Å². The maximum absolute atomic E-state index is 15.0. The number of aromatic nitrogens is 3. The summed E-state index contributed by atoms with van der Waals surface area (Å²) in [6.07, 6.45) is -4.34. The first-order valence-corrected chi connectivity index (χ1v) is 39.6. The average Bonchev–Trinajstić information content (AvgIpc) is 1.71. The summed E-state index contributed by atoms with van der Waals surface area (Å²) in [4.78, 5) is 306. The molecule has 0 spiro atoms. The second-order valence-electron chi connectivity index (χ2n) is 30.2. The quantitative estimate of drug-likeness (QED) is 0.0169. The van der Waals surface area contributed by atoms with Crippen LogP contribution in [-0.4, -0.2) is 263 Å². The van der Waals surface area contributed by atoms with Gasteiger partial charge in [-0.05, 0) is 67.5 Å². The molecule has 0 saturated carbocycles. The Labute approximate surface area is 720 Å². The van der Waals surface area contributed by atoms with Gasteiger partial charge in [0.05, 0.1) is 44.7 Å². The number of carboxylic acid groups (broad SMARTS) is 4. The lowest BCUT2D eigenvalue weighted by Gasteiger charge is -2.28. The van der Waals surface area contributed by atoms with Crippen LogP contribution < -0.4 is 103 Å². The maximum atomic E-state index is 15.0. The summed E-state index contributed by atoms with van der Waals surface area (Å²) in [6.45, 7) is 2.88. The molecule has 3 aromatic heterocycles. The molecule has 682 valence electrons. The molecule has 7 rings (SSSR count). The van der Waals surface area contributed by atoms with Crippen LogP contribution in [0.3, 0.4) is 0 Å². The molecule has 127 heavy (non-hydrogen) atoms. The van der Waals surface area contributed by atoms with Crippen LogP contribution in [0.4, 0.5) is 0 Å². The van der Waals surface area contributed by atoms with E-state index in [1.165, 1.54) is 32.4 Å². The molecule has 14 atom stereocenters. The molecule has 18 amide bonds. The number of nitrogens with one attached hydrogen (secondary N) is 18. The minimum atomic E-state index is -2.10. The Hall–Kier alpha value is -15.4. The van der Waals surface area contributed by atoms with Crippen molar-refractivity contribution in [2.75, 3.05) is 13.1 Å². The number of carbonyl (C=O) groups excluding carboxylic acids is 18. The van der Waals surface area contributed by atoms with Crippen LogP contribution in [0, 0.1) is 5.92 Å². The molecule has 6 aromatic rings. The predicted octanol–water partition coefficient (Wildman–Crippen LogP) is -7.96. The van der Waals surface area contributed by atoms with Crippen LogP contribution in [0.5, 0.6) is 0 Å². The minimum Gasteiger partial charge on any atom is -0.481 e. The fraction of sp³-hybridized carbons (Fsp3) is 0.418. The van der Waals surface area contributed by atoms with Gasteiger partial charge in [0.2, 0.25) is 106 Å². The summed E-state index contributed by atoms with van der Waals surface area (Å²) < 4.78 is 0. The summed E-state index contributed by atoms with van der Waals surface area (Å²) >= 11 is 0. The van der Waals surface area contributed by atoms with Crippen molar-refractivity contribution in [2.45, 2.75) is 189 Å². The third kappa shape index (κ3) is 30.0. The van der Waals surface area contributed by atoms with Gasteiger partial charge < -0.3 is 138 Å². The monoisotopic (exact) mass is 1770 g/mol. The molecule has 1 aliphatic rings. The number of aliphatic carboxylic acids is 4. The van der Waals surface area contributed by atoms with Gasteiger partial charge in [-0.3, -0.25) is 105 Å². The molecule has 0 bridgehead atoms. The van der Waals surface area contributed by atoms with Gasteiger partial charge in [-0.15, -0.1) is 0 Å². The van der Waals surface area contributed by atoms with Crippen molar-refractivity contribution in [3.63, 3.8) is 0 Å². The Morgan fingerprint density at radius 1 is 0.449 bits per heavy atom. The van der Waals surface area contributed by atoms with Crippen LogP contribution >= 0.6 is 0 Å². The number of H-pyrrole nitrogens is 3. The second-order valence-corrected chi connectivity index (χ2v) is 30.2. The molecule has 30 N–H and O–H groups in total. The Kier molecular flexibility index (Phi) is 35.9. The average molecular weight is 1770 g/mol. The summed E-state index contributed by atoms with van der Waals surface area (Å²) in [5.74, 6) is -28.7. The molecule has 1 fully saturated rings. The van der Waals surface area contributed by atoms with E-state index in [4.69, 9.17) is 28.0 Å². The number of rotatable bonds is 44. The Morgan fingerprint density at radius 3 is 1.38 bits per heavy atom. The lowest BCUT2D eigenvalue weighted by Crippen LogP contribution is -2.62. The lowest BCUT2D eigenvalue weighted by atomic mass is 9.99. The van der Waals surface area contributed by atoms with Crippen LogP contribution in [0.2, 0.25) is 0 Å². The number of carboxylic acids is 4. The predicted molar refractivity (Wildman–Crippen MR) is 441 cm³/mol. The van der Waals surface area contributed by atoms with Crippen molar-refractivity contribution < 1.29 is 126 Å². The lowest BCUT2D eigenvalue weighted by molar-refractivity contribution is -0.142. The first-order chi connectivity index (χ1) is 59.9. The number of hydrogen-bond acceptors (Lipinski definition) is 23. The maximum Gasteiger partial charge on any atom is 0.305 e. The van der Waals surface area contributed by atoms with Crippen molar-refractivity contribution in [1.82, 2.24) is 94.7 Å². The normalized spacial score (nSPS) is 17.2. The van der Waals surface area contributed by atoms with Crippen molar-refractivity contribution >= 4 is 163 Å². The van der Waals surface area contributed by atoms with Gasteiger partial charge in [-0.25, -0.2) is 0 Å². The Bertz CT molecular complexity index is 5200. The standard InChI is InChI=1S/C79H100N22O26/c1-34(2)65(79(127)99-55(28-64(112)113)76(124)92-47(66(83)114)17-19-61(106)107)101-77(125)51(23-39-31-86-46-16-10-7-13-42(39)46)97-75(123)52(25-57(81)102)91-60(105)33-88-70(118)49(21-37-29-84-44-14-8-5-11-40(37)44)96-78(126)56-32-87-71(119)54(27-59(104)89-35(3)67(115)93-48(72(120)100-56)18-20-62(108)109)94-68(116)36(4)90-73(121)53(26-58(82)103)98-74(122)50(95-69(117)43(80)24-63(110)111)22-38-30-85-45-15-9-6-12-41(38)45/h5-16,29-31,34-36,43,47-56,65,84-86H,17-28,32-33,80H2,1-4H3,(H2,81,102)(H2,82,103)(H2,83,114)(H,87,119)(H,88,118)(H,89,104)(H,90,121)(H,91,105)(H,92,124)(H,93,115)(H,94,116)(H,95,117)(H,96,126)(H,97,123)(H,98,122)(H,99,127)(H,100,120)(H,101,125)(H,106,107)(H,108,109)(H,110,111)(H,112,113)/t35-,36-,43-,47-,48-,49-,50-,51+,52-,53-,54-,55-,56-,65-/m0/s1. The molecule has 0 unspecified atom stereocenters. The minimum absolute atomic E-state index is 0.313. The third-order valence-corrected chi connectivity index (χ3v) is 19.9. The van der Waals surface area contributed by atoms with E-state index >= 15 is 4.79 Å². The van der Waals surface area contributed by atoms with E-state index < -0.39 is 304 Å². The molecule has 48 heteroatoms. The number of para-hydroxylation sites is 3. The topological polar surface area (TPSA) is 788 Å². The van der Waals surface area contributed by atoms with Gasteiger partial charge in [-0.1, -0.05) is 68.4 Å². The van der Waals surface area contributed by atoms with E-state index in [0.29, 0.717) is 49.4 Å². The fourth-order valence-corrected chi connectivity index (χ4v) is 13.3. The fourth-order valence-electron chi connectivity index (χ4n) is 13.3. The Balaban J connectivity index is 1.12. The van der Waals surface area contributed by atoms with Crippen LogP contribution in [0.25, 0.3) is 32.7 Å². The van der Waals surface area contributed by atoms with E-state index in [-0.39, 0.29) is 6.42 Å². The summed E-state index contributed by atoms with van der Waals surface area (Å²) in [5.41, 5.74) is 25.1. The first-order valence-electron chi connectivity index (χ1n) is 39.6. The number of nitrogens with two attached hydrogens (primary N) is 4. The molecule has 48 nitrogen and oxygen atoms in total. The van der Waals surface area contributed by atoms with Crippen LogP contribution in [0.15, 0.2) is 91.4 Å². The molecule has 1 saturated heterocycles. The zero-order chi connectivity index (χ0) is 93.8. The molecular weight excluding hydrogens is 1670 g/mol. The second kappa shape index (κ2) is 46.2. The van der Waals surface area contributed by atoms with Gasteiger partial charge in [0, 0.05) is 89.9 Å². The summed E-state index contributed by atoms with van der Waals surface area (Å²) in [5, 5.41) is 74.2. The number of carbonyl (C=O) groups is 22. The highest BCUT2D eigenvalue weighted by atomic mass is 16.4. The van der Waals surface area contributed by atoms with Gasteiger partial charge in [0.25, 0.3) is 0 Å². The summed E-state index contributed by atoms with van der Waals surface area (Å²) in [6, 6.07) is -5.43. The number of fused-ring (bicyclic) bond motifs is 3. The number of aromatic amines is 3. The van der Waals surface area contributed by atoms with E-state index in [1.807, 2.05) is 0 Å². The largest absolute Gasteiger partial charge is 0.481 e. The van der Waals surface area contributed by atoms with E-state index in [1.54, 1.807) is 72.8 Å². The van der Waals surface area contributed by atoms with Gasteiger partial charge in [0.15, 0.2) is 0 Å². The molecule has 0 radical (unpaired) electrons. The first kappa shape index (κ1) is 98.7. The highest BCUT2D eigenvalue weighted by Gasteiger charge is 2.40. The van der Waals surface area contributed by atoms with E-state index in [0.717, 1.165) is 13.8 Å². The number of hydrogen-bond donors (Lipinski definition) is 26. The SMILES string of the molecule is CC(C)[C@H](NC(=O)[C@@H](Cc1c[nH]c2ccccc12)NC(=O)[C@H](CC(N)=O)NC(=O)CNC(=O)[C@H](Cc1c[nH]c2ccccc12)NC(=O)[C@@H]1CNC(=O)[C@@H](NC(=O)[C@H](C)NC(=O)[C@H](CC(N)=O)NC(=O)[C@H](Cc2c[nH]c3ccccc23)NC(=O)[C@@H](N)CC(=O)O)CC(=O)N[C@@H](C)C(=O)N[C@@H](CCC(=O)O)C(=O)N1)C(=O)N[C@@H](CC(=O)O)C(=O)N[C@@H](CCC(=O)O)C(N)=O. The molecule has 4 heterocycles. The zero-order valence-corrected chi connectivity index (χ0v) is 68.8. The molecule has 1 aliphatic heterocycles. The summed E-state index contributed by atoms with van der Waals surface area (Å²) in [7, 11) is 0. The van der Waals surface area contributed by atoms with Gasteiger partial charge >= 0.3 is 23.9 Å². The van der Waals surface area contributed by atoms with Gasteiger partial charge in [0.1, 0.15) is 78.5 Å². The number of benzene rings is 3. The van der Waals surface area contributed by atoms with Crippen molar-refractivity contribution in [2.24, 2.45) is 28.9 Å². The van der Waals surface area contributed by atoms with Crippen LogP contribution in [0.1, 0.15) is 102 Å². The third-order valence-electron chi connectivity index (χ3n) is 19.9. The van der Waals surface area contributed by atoms with Gasteiger partial charge in [-0.2, -0.15) is 0 Å². The zero-order valence-electron chi connectivity index (χ0n) is 68.8.